The Morgan fingerprint density at radius 1 is 1.48 bits per heavy atom. The second-order valence-corrected chi connectivity index (χ2v) is 5.88. The number of anilines is 1. The molecule has 1 atom stereocenters. The van der Waals surface area contributed by atoms with Gasteiger partial charge in [-0.25, -0.2) is 0 Å². The third kappa shape index (κ3) is 3.96. The van der Waals surface area contributed by atoms with Crippen molar-refractivity contribution in [3.8, 4) is 5.75 Å². The number of nitrogens with two attached hydrogens (primary N) is 1. The molecule has 0 radical (unpaired) electrons. The van der Waals surface area contributed by atoms with E-state index in [1.807, 2.05) is 0 Å². The van der Waals surface area contributed by atoms with Gasteiger partial charge in [-0.15, -0.1) is 13.2 Å². The molecule has 1 aromatic rings. The third-order valence-electron chi connectivity index (χ3n) is 3.26. The van der Waals surface area contributed by atoms with E-state index in [0.29, 0.717) is 0 Å². The first kappa shape index (κ1) is 15.8. The first-order chi connectivity index (χ1) is 9.78. The maximum absolute atomic E-state index is 12.3. The van der Waals surface area contributed by atoms with Crippen LogP contribution in [0.4, 0.5) is 18.9 Å². The van der Waals surface area contributed by atoms with Gasteiger partial charge >= 0.3 is 6.36 Å². The number of ether oxygens (including phenoxy) is 1. The molecule has 0 aliphatic carbocycles. The molecule has 1 aliphatic rings. The molecule has 116 valence electrons. The van der Waals surface area contributed by atoms with Crippen LogP contribution in [0.15, 0.2) is 18.2 Å². The zero-order valence-corrected chi connectivity index (χ0v) is 12.1. The van der Waals surface area contributed by atoms with Gasteiger partial charge < -0.3 is 15.4 Å². The van der Waals surface area contributed by atoms with Gasteiger partial charge in [0.05, 0.1) is 5.69 Å². The Labute approximate surface area is 124 Å². The van der Waals surface area contributed by atoms with E-state index in [1.54, 1.807) is 23.7 Å². The lowest BCUT2D eigenvalue weighted by molar-refractivity contribution is -0.274. The molecule has 8 heteroatoms. The van der Waals surface area contributed by atoms with Crippen molar-refractivity contribution in [1.82, 2.24) is 4.90 Å². The highest BCUT2D eigenvalue weighted by molar-refractivity contribution is 7.99. The molecule has 1 aromatic carbocycles. The van der Waals surface area contributed by atoms with Crippen LogP contribution < -0.4 is 10.5 Å². The van der Waals surface area contributed by atoms with E-state index in [1.165, 1.54) is 12.1 Å². The number of hydrogen-bond donors (Lipinski definition) is 1. The van der Waals surface area contributed by atoms with Crippen LogP contribution >= 0.6 is 11.8 Å². The van der Waals surface area contributed by atoms with Gasteiger partial charge in [0.15, 0.2) is 5.75 Å². The van der Waals surface area contributed by atoms with Crippen molar-refractivity contribution in [2.24, 2.45) is 0 Å². The van der Waals surface area contributed by atoms with E-state index >= 15 is 0 Å². The molecule has 2 N–H and O–H groups in total. The molecule has 0 saturated carbocycles. The van der Waals surface area contributed by atoms with Gasteiger partial charge in [-0.1, -0.05) is 0 Å². The molecule has 2 rings (SSSR count). The molecule has 0 aromatic heterocycles. The molecule has 4 nitrogen and oxygen atoms in total. The van der Waals surface area contributed by atoms with Crippen LogP contribution in [-0.2, 0) is 0 Å². The van der Waals surface area contributed by atoms with Crippen LogP contribution in [-0.4, -0.2) is 41.8 Å². The number of benzene rings is 1. The molecule has 1 heterocycles. The van der Waals surface area contributed by atoms with Gasteiger partial charge in [0.2, 0.25) is 0 Å². The molecule has 1 fully saturated rings. The summed E-state index contributed by atoms with van der Waals surface area (Å²) in [5.74, 6) is 1.11. The van der Waals surface area contributed by atoms with Gasteiger partial charge in [0.1, 0.15) is 0 Å². The summed E-state index contributed by atoms with van der Waals surface area (Å²) in [7, 11) is 1.69. The van der Waals surface area contributed by atoms with Crippen molar-refractivity contribution >= 4 is 23.4 Å². The summed E-state index contributed by atoms with van der Waals surface area (Å²) in [6, 6.07) is 3.71. The van der Waals surface area contributed by atoms with E-state index in [-0.39, 0.29) is 23.2 Å². The van der Waals surface area contributed by atoms with Crippen LogP contribution in [0, 0.1) is 0 Å². The topological polar surface area (TPSA) is 55.6 Å². The van der Waals surface area contributed by atoms with E-state index < -0.39 is 12.1 Å². The van der Waals surface area contributed by atoms with Crippen molar-refractivity contribution in [2.75, 3.05) is 24.3 Å². The standard InChI is InChI=1S/C13H15F3N2O2S/c1-18(9-4-5-21-7-9)12(19)8-2-3-11(10(17)6-8)20-13(14,15)16/h2-3,6,9H,4-5,7,17H2,1H3. The number of rotatable bonds is 3. The monoisotopic (exact) mass is 320 g/mol. The molecule has 1 aliphatic heterocycles. The van der Waals surface area contributed by atoms with Gasteiger partial charge in [-0.2, -0.15) is 11.8 Å². The zero-order chi connectivity index (χ0) is 15.6. The fourth-order valence-corrected chi connectivity index (χ4v) is 3.36. The number of halogens is 3. The lowest BCUT2D eigenvalue weighted by atomic mass is 10.1. The van der Waals surface area contributed by atoms with Gasteiger partial charge in [-0.05, 0) is 30.4 Å². The quantitative estimate of drug-likeness (QED) is 0.870. The third-order valence-corrected chi connectivity index (χ3v) is 4.40. The number of thioether (sulfide) groups is 1. The maximum Gasteiger partial charge on any atom is 0.573 e. The number of amides is 1. The SMILES string of the molecule is CN(C(=O)c1ccc(OC(F)(F)F)c(N)c1)C1CCSC1. The Balaban J connectivity index is 2.13. The van der Waals surface area contributed by atoms with Crippen LogP contribution in [0.25, 0.3) is 0 Å². The Bertz CT molecular complexity index is 531. The number of carbonyl (C=O) groups is 1. The minimum atomic E-state index is -4.81. The van der Waals surface area contributed by atoms with Crippen LogP contribution in [0.2, 0.25) is 0 Å². The molecule has 1 unspecified atom stereocenters. The smallest absolute Gasteiger partial charge is 0.404 e. The molecular formula is C13H15F3N2O2S. The van der Waals surface area contributed by atoms with Crippen LogP contribution in [0.5, 0.6) is 5.75 Å². The summed E-state index contributed by atoms with van der Waals surface area (Å²) < 4.78 is 40.2. The average Bonchev–Trinajstić information content (AvgIpc) is 2.92. The van der Waals surface area contributed by atoms with E-state index in [9.17, 15) is 18.0 Å². The van der Waals surface area contributed by atoms with Crippen molar-refractivity contribution < 1.29 is 22.7 Å². The minimum absolute atomic E-state index is 0.148. The fourth-order valence-electron chi connectivity index (χ4n) is 2.10. The van der Waals surface area contributed by atoms with Crippen molar-refractivity contribution in [3.63, 3.8) is 0 Å². The number of nitrogens with zero attached hydrogens (tertiary/aromatic N) is 1. The van der Waals surface area contributed by atoms with Gasteiger partial charge in [-0.3, -0.25) is 4.79 Å². The predicted octanol–water partition coefficient (Wildman–Crippen LogP) is 2.74. The highest BCUT2D eigenvalue weighted by atomic mass is 32.2. The van der Waals surface area contributed by atoms with Gasteiger partial charge in [0.25, 0.3) is 5.91 Å². The number of alkyl halides is 3. The Kier molecular flexibility index (Phi) is 4.55. The summed E-state index contributed by atoms with van der Waals surface area (Å²) in [5, 5.41) is 0. The fraction of sp³-hybridized carbons (Fsp3) is 0.462. The number of nitrogen functional groups attached to an aromatic ring is 1. The first-order valence-corrected chi connectivity index (χ1v) is 7.43. The highest BCUT2D eigenvalue weighted by Gasteiger charge is 2.32. The molecule has 1 saturated heterocycles. The maximum atomic E-state index is 12.3. The normalized spacial score (nSPS) is 18.6. The first-order valence-electron chi connectivity index (χ1n) is 6.28. The zero-order valence-electron chi connectivity index (χ0n) is 11.3. The Morgan fingerprint density at radius 2 is 2.19 bits per heavy atom. The lowest BCUT2D eigenvalue weighted by Gasteiger charge is -2.24. The van der Waals surface area contributed by atoms with E-state index in [4.69, 9.17) is 5.73 Å². The molecular weight excluding hydrogens is 305 g/mol. The van der Waals surface area contributed by atoms with Gasteiger partial charge in [0, 0.05) is 24.4 Å². The summed E-state index contributed by atoms with van der Waals surface area (Å²) in [5.41, 5.74) is 5.56. The molecule has 21 heavy (non-hydrogen) atoms. The Morgan fingerprint density at radius 3 is 2.71 bits per heavy atom. The second-order valence-electron chi connectivity index (χ2n) is 4.73. The lowest BCUT2D eigenvalue weighted by Crippen LogP contribution is -2.37. The summed E-state index contributed by atoms with van der Waals surface area (Å²) in [6.07, 6.45) is -3.89. The summed E-state index contributed by atoms with van der Waals surface area (Å²) in [6.45, 7) is 0. The van der Waals surface area contributed by atoms with E-state index in [0.717, 1.165) is 24.0 Å². The van der Waals surface area contributed by atoms with Crippen LogP contribution in [0.3, 0.4) is 0 Å². The molecule has 0 spiro atoms. The predicted molar refractivity (Wildman–Crippen MR) is 75.4 cm³/mol. The number of carbonyl (C=O) groups excluding carboxylic acids is 1. The molecule has 1 amide bonds. The minimum Gasteiger partial charge on any atom is -0.404 e. The Hall–Kier alpha value is -1.57. The molecule has 0 bridgehead atoms. The largest absolute Gasteiger partial charge is 0.573 e. The van der Waals surface area contributed by atoms with Crippen molar-refractivity contribution in [1.29, 1.82) is 0 Å². The summed E-state index contributed by atoms with van der Waals surface area (Å²) in [4.78, 5) is 13.9. The highest BCUT2D eigenvalue weighted by Crippen LogP contribution is 2.30. The average molecular weight is 320 g/mol. The van der Waals surface area contributed by atoms with Crippen LogP contribution in [0.1, 0.15) is 16.8 Å². The van der Waals surface area contributed by atoms with Crippen molar-refractivity contribution in [2.45, 2.75) is 18.8 Å². The number of hydrogen-bond acceptors (Lipinski definition) is 4. The van der Waals surface area contributed by atoms with Crippen molar-refractivity contribution in [3.05, 3.63) is 23.8 Å². The second kappa shape index (κ2) is 6.05. The van der Waals surface area contributed by atoms with E-state index in [2.05, 4.69) is 4.74 Å². The summed E-state index contributed by atoms with van der Waals surface area (Å²) >= 11 is 1.77.